The number of rotatable bonds is 4. The van der Waals surface area contributed by atoms with E-state index in [1.54, 1.807) is 6.20 Å². The van der Waals surface area contributed by atoms with Gasteiger partial charge in [0.15, 0.2) is 0 Å². The highest BCUT2D eigenvalue weighted by molar-refractivity contribution is 5.52. The lowest BCUT2D eigenvalue weighted by Crippen LogP contribution is -2.29. The Kier molecular flexibility index (Phi) is 3.33. The highest BCUT2D eigenvalue weighted by Gasteiger charge is 2.13. The van der Waals surface area contributed by atoms with Gasteiger partial charge in [-0.3, -0.25) is 0 Å². The van der Waals surface area contributed by atoms with E-state index in [4.69, 9.17) is 0 Å². The molecule has 0 aliphatic carbocycles. The third-order valence-corrected chi connectivity index (χ3v) is 2.38. The van der Waals surface area contributed by atoms with Gasteiger partial charge in [0.2, 0.25) is 0 Å². The van der Waals surface area contributed by atoms with E-state index in [-0.39, 0.29) is 5.54 Å². The minimum absolute atomic E-state index is 0.131. The molecule has 0 fully saturated rings. The zero-order chi connectivity index (χ0) is 10.6. The second-order valence-corrected chi connectivity index (χ2v) is 4.04. The Morgan fingerprint density at radius 3 is 2.71 bits per heavy atom. The number of hydrogen-bond donors (Lipinski definition) is 2. The van der Waals surface area contributed by atoms with E-state index in [1.807, 2.05) is 19.2 Å². The molecule has 0 saturated carbocycles. The van der Waals surface area contributed by atoms with Crippen molar-refractivity contribution in [2.45, 2.75) is 32.7 Å². The molecule has 0 unspecified atom stereocenters. The third-order valence-electron chi connectivity index (χ3n) is 2.38. The second-order valence-electron chi connectivity index (χ2n) is 4.04. The van der Waals surface area contributed by atoms with Crippen LogP contribution in [0.25, 0.3) is 0 Å². The van der Waals surface area contributed by atoms with Crippen LogP contribution in [0, 0.1) is 0 Å². The van der Waals surface area contributed by atoms with Crippen LogP contribution in [0.1, 0.15) is 27.2 Å². The van der Waals surface area contributed by atoms with Crippen molar-refractivity contribution >= 4 is 11.5 Å². The molecule has 3 nitrogen and oxygen atoms in total. The Labute approximate surface area is 85.9 Å². The largest absolute Gasteiger partial charge is 0.380 e. The van der Waals surface area contributed by atoms with Crippen molar-refractivity contribution in [2.75, 3.05) is 17.7 Å². The molecule has 0 aliphatic heterocycles. The molecule has 2 N–H and O–H groups in total. The Morgan fingerprint density at radius 1 is 1.43 bits per heavy atom. The number of aromatic nitrogens is 1. The molecule has 0 radical (unpaired) electrons. The van der Waals surface area contributed by atoms with Gasteiger partial charge in [-0.15, -0.1) is 0 Å². The van der Waals surface area contributed by atoms with Gasteiger partial charge in [0.1, 0.15) is 5.82 Å². The van der Waals surface area contributed by atoms with E-state index >= 15 is 0 Å². The average Bonchev–Trinajstić information content (AvgIpc) is 2.17. The number of nitrogens with zero attached hydrogens (tertiary/aromatic N) is 1. The van der Waals surface area contributed by atoms with Gasteiger partial charge in [-0.05, 0) is 26.3 Å². The molecule has 0 saturated heterocycles. The summed E-state index contributed by atoms with van der Waals surface area (Å²) in [4.78, 5) is 4.16. The lowest BCUT2D eigenvalue weighted by Gasteiger charge is -2.26. The molecular weight excluding hydrogens is 174 g/mol. The van der Waals surface area contributed by atoms with Gasteiger partial charge in [-0.2, -0.15) is 0 Å². The molecule has 78 valence electrons. The SMILES string of the molecule is CCC(C)(C)Nc1ccnc(NC)c1. The Bertz CT molecular complexity index is 294. The molecule has 0 atom stereocenters. The highest BCUT2D eigenvalue weighted by atomic mass is 15.0. The van der Waals surface area contributed by atoms with Gasteiger partial charge < -0.3 is 10.6 Å². The van der Waals surface area contributed by atoms with Gasteiger partial charge in [-0.1, -0.05) is 6.92 Å². The molecule has 0 spiro atoms. The second kappa shape index (κ2) is 4.31. The van der Waals surface area contributed by atoms with Crippen molar-refractivity contribution in [3.05, 3.63) is 18.3 Å². The molecule has 0 bridgehead atoms. The molecule has 0 aromatic carbocycles. The first kappa shape index (κ1) is 10.8. The van der Waals surface area contributed by atoms with Crippen LogP contribution >= 0.6 is 0 Å². The lowest BCUT2D eigenvalue weighted by molar-refractivity contribution is 0.547. The average molecular weight is 193 g/mol. The van der Waals surface area contributed by atoms with Crippen LogP contribution < -0.4 is 10.6 Å². The maximum absolute atomic E-state index is 4.16. The minimum Gasteiger partial charge on any atom is -0.380 e. The maximum atomic E-state index is 4.16. The predicted octanol–water partition coefficient (Wildman–Crippen LogP) is 2.72. The monoisotopic (exact) mass is 193 g/mol. The molecule has 3 heteroatoms. The van der Waals surface area contributed by atoms with Crippen molar-refractivity contribution in [3.63, 3.8) is 0 Å². The summed E-state index contributed by atoms with van der Waals surface area (Å²) < 4.78 is 0. The Morgan fingerprint density at radius 2 is 2.14 bits per heavy atom. The number of anilines is 2. The molecule has 1 heterocycles. The zero-order valence-electron chi connectivity index (χ0n) is 9.39. The predicted molar refractivity (Wildman–Crippen MR) is 61.8 cm³/mol. The summed E-state index contributed by atoms with van der Waals surface area (Å²) in [6.07, 6.45) is 2.89. The van der Waals surface area contributed by atoms with Gasteiger partial charge in [0.25, 0.3) is 0 Å². The highest BCUT2D eigenvalue weighted by Crippen LogP contribution is 2.19. The van der Waals surface area contributed by atoms with Crippen molar-refractivity contribution < 1.29 is 0 Å². The number of pyridine rings is 1. The summed E-state index contributed by atoms with van der Waals surface area (Å²) in [5.41, 5.74) is 1.24. The number of nitrogens with one attached hydrogen (secondary N) is 2. The van der Waals surface area contributed by atoms with Gasteiger partial charge in [0, 0.05) is 30.5 Å². The molecule has 1 rings (SSSR count). The first-order valence-corrected chi connectivity index (χ1v) is 4.99. The van der Waals surface area contributed by atoms with Gasteiger partial charge in [-0.25, -0.2) is 4.98 Å². The maximum Gasteiger partial charge on any atom is 0.127 e. The Balaban J connectivity index is 2.76. The van der Waals surface area contributed by atoms with E-state index in [0.717, 1.165) is 17.9 Å². The summed E-state index contributed by atoms with van der Waals surface area (Å²) in [5, 5.41) is 6.48. The fourth-order valence-electron chi connectivity index (χ4n) is 1.12. The summed E-state index contributed by atoms with van der Waals surface area (Å²) in [6.45, 7) is 6.55. The molecule has 1 aromatic heterocycles. The summed E-state index contributed by atoms with van der Waals surface area (Å²) >= 11 is 0. The fraction of sp³-hybridized carbons (Fsp3) is 0.545. The van der Waals surface area contributed by atoms with Crippen molar-refractivity contribution in [1.82, 2.24) is 4.98 Å². The van der Waals surface area contributed by atoms with Crippen LogP contribution in [0.2, 0.25) is 0 Å². The molecule has 14 heavy (non-hydrogen) atoms. The molecular formula is C11H19N3. The molecule has 0 aliphatic rings. The summed E-state index contributed by atoms with van der Waals surface area (Å²) in [6, 6.07) is 4.00. The van der Waals surface area contributed by atoms with Crippen LogP contribution in [0.15, 0.2) is 18.3 Å². The van der Waals surface area contributed by atoms with E-state index in [2.05, 4.69) is 36.4 Å². The first-order valence-electron chi connectivity index (χ1n) is 4.99. The summed E-state index contributed by atoms with van der Waals surface area (Å²) in [5.74, 6) is 0.891. The smallest absolute Gasteiger partial charge is 0.127 e. The lowest BCUT2D eigenvalue weighted by atomic mass is 10.0. The van der Waals surface area contributed by atoms with Crippen LogP contribution in [-0.2, 0) is 0 Å². The van der Waals surface area contributed by atoms with Crippen LogP contribution in [-0.4, -0.2) is 17.6 Å². The minimum atomic E-state index is 0.131. The molecule has 1 aromatic rings. The Hall–Kier alpha value is -1.25. The normalized spacial score (nSPS) is 11.1. The van der Waals surface area contributed by atoms with Crippen LogP contribution in [0.4, 0.5) is 11.5 Å². The van der Waals surface area contributed by atoms with E-state index < -0.39 is 0 Å². The van der Waals surface area contributed by atoms with Crippen molar-refractivity contribution in [1.29, 1.82) is 0 Å². The number of hydrogen-bond acceptors (Lipinski definition) is 3. The van der Waals surface area contributed by atoms with E-state index in [1.165, 1.54) is 0 Å². The van der Waals surface area contributed by atoms with E-state index in [0.29, 0.717) is 0 Å². The zero-order valence-corrected chi connectivity index (χ0v) is 9.39. The van der Waals surface area contributed by atoms with E-state index in [9.17, 15) is 0 Å². The topological polar surface area (TPSA) is 37.0 Å². The summed E-state index contributed by atoms with van der Waals surface area (Å²) in [7, 11) is 1.87. The quantitative estimate of drug-likeness (QED) is 0.772. The van der Waals surface area contributed by atoms with Gasteiger partial charge in [0.05, 0.1) is 0 Å². The van der Waals surface area contributed by atoms with Crippen molar-refractivity contribution in [3.8, 4) is 0 Å². The standard InChI is InChI=1S/C11H19N3/c1-5-11(2,3)14-9-6-7-13-10(8-9)12-4/h6-8H,5H2,1-4H3,(H2,12,13,14). The van der Waals surface area contributed by atoms with Gasteiger partial charge >= 0.3 is 0 Å². The third kappa shape index (κ3) is 2.91. The van der Waals surface area contributed by atoms with Crippen molar-refractivity contribution in [2.24, 2.45) is 0 Å². The van der Waals surface area contributed by atoms with Crippen LogP contribution in [0.3, 0.4) is 0 Å². The molecule has 0 amide bonds. The van der Waals surface area contributed by atoms with Crippen LogP contribution in [0.5, 0.6) is 0 Å². The fourth-order valence-corrected chi connectivity index (χ4v) is 1.12. The first-order chi connectivity index (χ1) is 6.57.